The first-order valence-corrected chi connectivity index (χ1v) is 10.3. The molecule has 0 unspecified atom stereocenters. The predicted molar refractivity (Wildman–Crippen MR) is 117 cm³/mol. The molecule has 0 fully saturated rings. The molecule has 2 aromatic carbocycles. The third-order valence-electron chi connectivity index (χ3n) is 4.44. The molecule has 0 aliphatic rings. The van der Waals surface area contributed by atoms with Crippen LogP contribution in [0.5, 0.6) is 5.75 Å². The highest BCUT2D eigenvalue weighted by atomic mass is 32.1. The first-order valence-electron chi connectivity index (χ1n) is 9.52. The van der Waals surface area contributed by atoms with Gasteiger partial charge in [0, 0.05) is 17.7 Å². The van der Waals surface area contributed by atoms with Crippen LogP contribution in [0.1, 0.15) is 23.9 Å². The molecule has 1 amide bonds. The summed E-state index contributed by atoms with van der Waals surface area (Å²) in [4.78, 5) is 29.7. The van der Waals surface area contributed by atoms with E-state index in [2.05, 4.69) is 15.4 Å². The van der Waals surface area contributed by atoms with Crippen LogP contribution in [0.25, 0.3) is 11.0 Å². The van der Waals surface area contributed by atoms with Crippen molar-refractivity contribution in [2.75, 3.05) is 11.9 Å². The molecule has 0 saturated carbocycles. The summed E-state index contributed by atoms with van der Waals surface area (Å²) >= 11 is 1.28. The van der Waals surface area contributed by atoms with Crippen molar-refractivity contribution in [2.24, 2.45) is 0 Å². The second-order valence-corrected chi connectivity index (χ2v) is 7.74. The smallest absolute Gasteiger partial charge is 0.291 e. The van der Waals surface area contributed by atoms with Crippen LogP contribution >= 0.6 is 11.3 Å². The molecule has 30 heavy (non-hydrogen) atoms. The van der Waals surface area contributed by atoms with Gasteiger partial charge < -0.3 is 10.1 Å². The van der Waals surface area contributed by atoms with Crippen molar-refractivity contribution in [3.8, 4) is 5.75 Å². The molecule has 8 heteroatoms. The van der Waals surface area contributed by atoms with Crippen molar-refractivity contribution in [3.63, 3.8) is 0 Å². The Labute approximate surface area is 176 Å². The zero-order valence-electron chi connectivity index (χ0n) is 16.6. The van der Waals surface area contributed by atoms with Crippen molar-refractivity contribution in [2.45, 2.75) is 20.3 Å². The summed E-state index contributed by atoms with van der Waals surface area (Å²) in [6, 6.07) is 14.8. The maximum atomic E-state index is 12.6. The largest absolute Gasteiger partial charge is 0.483 e. The SMILES string of the molecule is CCc1nc2s/c(=C\c3ccccc3OCC(=O)Nc3ccc(C)cc3)c(=O)n2n1. The molecular formula is C22H20N4O3S. The number of nitrogens with one attached hydrogen (secondary N) is 1. The number of aromatic nitrogens is 3. The number of ether oxygens (including phenoxy) is 1. The molecule has 0 aliphatic carbocycles. The Balaban J connectivity index is 1.53. The number of hydrogen-bond donors (Lipinski definition) is 1. The molecule has 4 aromatic rings. The first kappa shape index (κ1) is 19.8. The lowest BCUT2D eigenvalue weighted by Gasteiger charge is -2.09. The second-order valence-electron chi connectivity index (χ2n) is 6.73. The maximum absolute atomic E-state index is 12.6. The number of fused-ring (bicyclic) bond motifs is 1. The van der Waals surface area contributed by atoms with Gasteiger partial charge in [-0.2, -0.15) is 4.52 Å². The number of anilines is 1. The molecule has 0 aliphatic heterocycles. The summed E-state index contributed by atoms with van der Waals surface area (Å²) in [5, 5.41) is 7.02. The van der Waals surface area contributed by atoms with E-state index in [1.165, 1.54) is 15.9 Å². The molecule has 0 saturated heterocycles. The van der Waals surface area contributed by atoms with E-state index in [9.17, 15) is 9.59 Å². The van der Waals surface area contributed by atoms with Gasteiger partial charge in [-0.3, -0.25) is 9.59 Å². The molecule has 1 N–H and O–H groups in total. The lowest BCUT2D eigenvalue weighted by atomic mass is 10.2. The van der Waals surface area contributed by atoms with Crippen LogP contribution < -0.4 is 20.1 Å². The Bertz CT molecular complexity index is 1310. The topological polar surface area (TPSA) is 85.6 Å². The van der Waals surface area contributed by atoms with Crippen LogP contribution in [0.15, 0.2) is 53.3 Å². The monoisotopic (exact) mass is 420 g/mol. The van der Waals surface area contributed by atoms with E-state index in [1.807, 2.05) is 56.3 Å². The van der Waals surface area contributed by atoms with Crippen LogP contribution in [-0.4, -0.2) is 27.1 Å². The molecule has 2 aromatic heterocycles. The molecule has 2 heterocycles. The first-order chi connectivity index (χ1) is 14.5. The fourth-order valence-corrected chi connectivity index (χ4v) is 3.79. The van der Waals surface area contributed by atoms with Crippen molar-refractivity contribution in [1.82, 2.24) is 14.6 Å². The van der Waals surface area contributed by atoms with Gasteiger partial charge in [-0.25, -0.2) is 4.98 Å². The predicted octanol–water partition coefficient (Wildman–Crippen LogP) is 2.59. The fourth-order valence-electron chi connectivity index (χ4n) is 2.87. The van der Waals surface area contributed by atoms with Crippen LogP contribution in [0.4, 0.5) is 5.69 Å². The van der Waals surface area contributed by atoms with Crippen LogP contribution in [0, 0.1) is 6.92 Å². The van der Waals surface area contributed by atoms with Gasteiger partial charge in [0.25, 0.3) is 11.5 Å². The van der Waals surface area contributed by atoms with Crippen molar-refractivity contribution in [3.05, 3.63) is 80.4 Å². The third kappa shape index (κ3) is 4.23. The number of amides is 1. The molecule has 0 bridgehead atoms. The van der Waals surface area contributed by atoms with E-state index in [-0.39, 0.29) is 18.1 Å². The number of aryl methyl sites for hydroxylation is 2. The zero-order valence-corrected chi connectivity index (χ0v) is 17.4. The molecule has 152 valence electrons. The number of nitrogens with zero attached hydrogens (tertiary/aromatic N) is 3. The minimum Gasteiger partial charge on any atom is -0.483 e. The fraction of sp³-hybridized carbons (Fsp3) is 0.182. The van der Waals surface area contributed by atoms with Gasteiger partial charge in [0.15, 0.2) is 12.4 Å². The van der Waals surface area contributed by atoms with Crippen LogP contribution in [0.2, 0.25) is 0 Å². The van der Waals surface area contributed by atoms with E-state index in [4.69, 9.17) is 4.74 Å². The summed E-state index contributed by atoms with van der Waals surface area (Å²) in [5.41, 5.74) is 2.33. The maximum Gasteiger partial charge on any atom is 0.291 e. The summed E-state index contributed by atoms with van der Waals surface area (Å²) in [7, 11) is 0. The highest BCUT2D eigenvalue weighted by Gasteiger charge is 2.11. The lowest BCUT2D eigenvalue weighted by Crippen LogP contribution is -2.24. The van der Waals surface area contributed by atoms with Crippen LogP contribution in [0.3, 0.4) is 0 Å². The molecule has 0 radical (unpaired) electrons. The standard InChI is InChI=1S/C22H20N4O3S/c1-3-19-24-22-26(25-19)21(28)18(30-22)12-15-6-4-5-7-17(15)29-13-20(27)23-16-10-8-14(2)9-11-16/h4-12H,3,13H2,1-2H3,(H,23,27)/b18-12-. The van der Waals surface area contributed by atoms with Gasteiger partial charge in [-0.15, -0.1) is 5.10 Å². The van der Waals surface area contributed by atoms with Crippen LogP contribution in [-0.2, 0) is 11.2 Å². The number of rotatable bonds is 6. The minimum absolute atomic E-state index is 0.141. The Morgan fingerprint density at radius 2 is 1.97 bits per heavy atom. The van der Waals surface area contributed by atoms with E-state index >= 15 is 0 Å². The second kappa shape index (κ2) is 8.46. The number of thiazole rings is 1. The Morgan fingerprint density at radius 1 is 1.20 bits per heavy atom. The summed E-state index contributed by atoms with van der Waals surface area (Å²) in [6.45, 7) is 3.79. The van der Waals surface area contributed by atoms with E-state index in [1.54, 1.807) is 12.1 Å². The summed E-state index contributed by atoms with van der Waals surface area (Å²) in [6.07, 6.45) is 2.41. The Kier molecular flexibility index (Phi) is 5.58. The number of carbonyl (C=O) groups excluding carboxylic acids is 1. The Hall–Kier alpha value is -3.52. The molecule has 7 nitrogen and oxygen atoms in total. The molecule has 4 rings (SSSR count). The van der Waals surface area contributed by atoms with Gasteiger partial charge in [0.2, 0.25) is 4.96 Å². The van der Waals surface area contributed by atoms with E-state index in [0.29, 0.717) is 38.7 Å². The molecule has 0 spiro atoms. The van der Waals surface area contributed by atoms with Gasteiger partial charge >= 0.3 is 0 Å². The van der Waals surface area contributed by atoms with Gasteiger partial charge in [0.05, 0.1) is 4.53 Å². The average Bonchev–Trinajstić information content (AvgIpc) is 3.28. The van der Waals surface area contributed by atoms with Crippen molar-refractivity contribution >= 4 is 34.0 Å². The highest BCUT2D eigenvalue weighted by Crippen LogP contribution is 2.19. The summed E-state index contributed by atoms with van der Waals surface area (Å²) in [5.74, 6) is 0.904. The van der Waals surface area contributed by atoms with Gasteiger partial charge in [-0.05, 0) is 31.2 Å². The normalized spacial score (nSPS) is 11.7. The van der Waals surface area contributed by atoms with E-state index < -0.39 is 0 Å². The Morgan fingerprint density at radius 3 is 2.70 bits per heavy atom. The number of benzene rings is 2. The van der Waals surface area contributed by atoms with Gasteiger partial charge in [0.1, 0.15) is 5.75 Å². The molecular weight excluding hydrogens is 400 g/mol. The zero-order chi connectivity index (χ0) is 21.1. The van der Waals surface area contributed by atoms with Crippen molar-refractivity contribution < 1.29 is 9.53 Å². The number of para-hydroxylation sites is 1. The number of carbonyl (C=O) groups is 1. The quantitative estimate of drug-likeness (QED) is 0.518. The lowest BCUT2D eigenvalue weighted by molar-refractivity contribution is -0.118. The molecule has 0 atom stereocenters. The summed E-state index contributed by atoms with van der Waals surface area (Å²) < 4.78 is 7.55. The number of hydrogen-bond acceptors (Lipinski definition) is 6. The average molecular weight is 420 g/mol. The third-order valence-corrected chi connectivity index (χ3v) is 5.40. The van der Waals surface area contributed by atoms with Crippen molar-refractivity contribution in [1.29, 1.82) is 0 Å². The van der Waals surface area contributed by atoms with Gasteiger partial charge in [-0.1, -0.05) is 54.2 Å². The van der Waals surface area contributed by atoms with E-state index in [0.717, 1.165) is 5.56 Å². The minimum atomic E-state index is -0.260. The highest BCUT2D eigenvalue weighted by molar-refractivity contribution is 7.15.